The molecule has 0 fully saturated rings. The Labute approximate surface area is 80.1 Å². The zero-order chi connectivity index (χ0) is 8.97. The molecule has 4 heteroatoms. The summed E-state index contributed by atoms with van der Waals surface area (Å²) in [7, 11) is 1.64. The van der Waals surface area contributed by atoms with Crippen molar-refractivity contribution in [2.45, 2.75) is 6.10 Å². The number of rotatable bonds is 3. The van der Waals surface area contributed by atoms with Crippen molar-refractivity contribution in [3.05, 3.63) is 28.5 Å². The Bertz CT molecular complexity index is 251. The first kappa shape index (κ1) is 9.64. The summed E-state index contributed by atoms with van der Waals surface area (Å²) in [5, 5.41) is 0. The Hall–Kier alpha value is -0.450. The van der Waals surface area contributed by atoms with Gasteiger partial charge in [-0.25, -0.2) is 0 Å². The van der Waals surface area contributed by atoms with Crippen LogP contribution in [0, 0.1) is 0 Å². The standard InChI is InChI=1S/C8H11BrN2O/c1-12-8(4-10)6-2-3-11-5-7(6)9/h2-3,5,8H,4,10H2,1H3. The van der Waals surface area contributed by atoms with Gasteiger partial charge in [-0.15, -0.1) is 0 Å². The van der Waals surface area contributed by atoms with Gasteiger partial charge in [0.05, 0.1) is 6.10 Å². The minimum atomic E-state index is -0.0534. The molecule has 0 radical (unpaired) electrons. The second-order valence-electron chi connectivity index (χ2n) is 2.36. The molecule has 1 aromatic heterocycles. The number of methoxy groups -OCH3 is 1. The van der Waals surface area contributed by atoms with Crippen LogP contribution in [0.3, 0.4) is 0 Å². The number of aromatic nitrogens is 1. The molecule has 1 aromatic rings. The fourth-order valence-corrected chi connectivity index (χ4v) is 1.50. The number of hydrogen-bond donors (Lipinski definition) is 1. The van der Waals surface area contributed by atoms with Gasteiger partial charge in [0.15, 0.2) is 0 Å². The van der Waals surface area contributed by atoms with Crippen molar-refractivity contribution >= 4 is 15.9 Å². The highest BCUT2D eigenvalue weighted by Crippen LogP contribution is 2.23. The second-order valence-corrected chi connectivity index (χ2v) is 3.21. The van der Waals surface area contributed by atoms with E-state index in [0.29, 0.717) is 6.54 Å². The number of nitrogens with two attached hydrogens (primary N) is 1. The molecule has 0 bridgehead atoms. The Morgan fingerprint density at radius 2 is 2.50 bits per heavy atom. The zero-order valence-electron chi connectivity index (χ0n) is 6.83. The Kier molecular flexibility index (Phi) is 3.65. The molecule has 0 aliphatic rings. The van der Waals surface area contributed by atoms with Crippen LogP contribution < -0.4 is 5.73 Å². The molecule has 0 saturated carbocycles. The van der Waals surface area contributed by atoms with Crippen molar-refractivity contribution in [1.82, 2.24) is 4.98 Å². The molecule has 1 atom stereocenters. The zero-order valence-corrected chi connectivity index (χ0v) is 8.41. The molecule has 0 aliphatic heterocycles. The van der Waals surface area contributed by atoms with Crippen LogP contribution in [-0.4, -0.2) is 18.6 Å². The van der Waals surface area contributed by atoms with Gasteiger partial charge in [-0.3, -0.25) is 4.98 Å². The van der Waals surface area contributed by atoms with E-state index in [4.69, 9.17) is 10.5 Å². The number of halogens is 1. The predicted octanol–water partition coefficient (Wildman–Crippen LogP) is 1.49. The molecule has 66 valence electrons. The number of hydrogen-bond acceptors (Lipinski definition) is 3. The third-order valence-corrected chi connectivity index (χ3v) is 2.31. The van der Waals surface area contributed by atoms with Crippen molar-refractivity contribution in [3.63, 3.8) is 0 Å². The molecule has 0 saturated heterocycles. The monoisotopic (exact) mass is 230 g/mol. The smallest absolute Gasteiger partial charge is 0.0955 e. The van der Waals surface area contributed by atoms with E-state index in [9.17, 15) is 0 Å². The molecule has 1 rings (SSSR count). The maximum Gasteiger partial charge on any atom is 0.0955 e. The lowest BCUT2D eigenvalue weighted by Crippen LogP contribution is -2.14. The minimum absolute atomic E-state index is 0.0534. The Morgan fingerprint density at radius 3 is 3.00 bits per heavy atom. The van der Waals surface area contributed by atoms with E-state index in [1.165, 1.54) is 0 Å². The maximum absolute atomic E-state index is 5.52. The van der Waals surface area contributed by atoms with Gasteiger partial charge >= 0.3 is 0 Å². The van der Waals surface area contributed by atoms with Crippen LogP contribution in [0.25, 0.3) is 0 Å². The molecule has 0 amide bonds. The molecular weight excluding hydrogens is 220 g/mol. The lowest BCUT2D eigenvalue weighted by Gasteiger charge is -2.13. The Morgan fingerprint density at radius 1 is 1.75 bits per heavy atom. The van der Waals surface area contributed by atoms with Crippen molar-refractivity contribution in [1.29, 1.82) is 0 Å². The highest BCUT2D eigenvalue weighted by Gasteiger charge is 2.10. The van der Waals surface area contributed by atoms with Gasteiger partial charge in [0.1, 0.15) is 0 Å². The summed E-state index contributed by atoms with van der Waals surface area (Å²) in [5.74, 6) is 0. The van der Waals surface area contributed by atoms with Gasteiger partial charge in [0.25, 0.3) is 0 Å². The summed E-state index contributed by atoms with van der Waals surface area (Å²) in [4.78, 5) is 3.95. The number of pyridine rings is 1. The summed E-state index contributed by atoms with van der Waals surface area (Å²) in [6.07, 6.45) is 3.40. The average molecular weight is 231 g/mol. The number of ether oxygens (including phenoxy) is 1. The van der Waals surface area contributed by atoms with Crippen LogP contribution in [0.2, 0.25) is 0 Å². The molecule has 0 spiro atoms. The quantitative estimate of drug-likeness (QED) is 0.857. The second kappa shape index (κ2) is 4.54. The van der Waals surface area contributed by atoms with E-state index in [1.807, 2.05) is 6.07 Å². The van der Waals surface area contributed by atoms with E-state index < -0.39 is 0 Å². The predicted molar refractivity (Wildman–Crippen MR) is 50.7 cm³/mol. The van der Waals surface area contributed by atoms with Crippen molar-refractivity contribution in [3.8, 4) is 0 Å². The Balaban J connectivity index is 2.92. The SMILES string of the molecule is COC(CN)c1ccncc1Br. The summed E-state index contributed by atoms with van der Waals surface area (Å²) in [6, 6.07) is 1.89. The lowest BCUT2D eigenvalue weighted by molar-refractivity contribution is 0.110. The summed E-state index contributed by atoms with van der Waals surface area (Å²) in [6.45, 7) is 0.471. The number of nitrogens with zero attached hydrogens (tertiary/aromatic N) is 1. The summed E-state index contributed by atoms with van der Waals surface area (Å²) < 4.78 is 6.12. The van der Waals surface area contributed by atoms with Gasteiger partial charge in [0, 0.05) is 30.5 Å². The van der Waals surface area contributed by atoms with Gasteiger partial charge < -0.3 is 10.5 Å². The molecule has 12 heavy (non-hydrogen) atoms. The van der Waals surface area contributed by atoms with Crippen molar-refractivity contribution in [2.75, 3.05) is 13.7 Å². The first-order chi connectivity index (χ1) is 5.79. The fourth-order valence-electron chi connectivity index (χ4n) is 0.997. The van der Waals surface area contributed by atoms with Crippen LogP contribution >= 0.6 is 15.9 Å². The third-order valence-electron chi connectivity index (χ3n) is 1.65. The van der Waals surface area contributed by atoms with E-state index in [1.54, 1.807) is 19.5 Å². The van der Waals surface area contributed by atoms with Crippen LogP contribution in [0.5, 0.6) is 0 Å². The first-order valence-corrected chi connectivity index (χ1v) is 4.41. The van der Waals surface area contributed by atoms with Crippen LogP contribution in [0.4, 0.5) is 0 Å². The van der Waals surface area contributed by atoms with Crippen LogP contribution in [0.15, 0.2) is 22.9 Å². The highest BCUT2D eigenvalue weighted by atomic mass is 79.9. The van der Waals surface area contributed by atoms with Gasteiger partial charge in [-0.1, -0.05) is 0 Å². The maximum atomic E-state index is 5.52. The topological polar surface area (TPSA) is 48.1 Å². The van der Waals surface area contributed by atoms with E-state index in [0.717, 1.165) is 10.0 Å². The average Bonchev–Trinajstić information content (AvgIpc) is 2.10. The normalized spacial score (nSPS) is 12.9. The molecule has 1 heterocycles. The molecular formula is C8H11BrN2O. The molecule has 2 N–H and O–H groups in total. The molecule has 3 nitrogen and oxygen atoms in total. The third kappa shape index (κ3) is 2.03. The van der Waals surface area contributed by atoms with Crippen LogP contribution in [0.1, 0.15) is 11.7 Å². The van der Waals surface area contributed by atoms with Gasteiger partial charge in [0.2, 0.25) is 0 Å². The molecule has 0 aromatic carbocycles. The fraction of sp³-hybridized carbons (Fsp3) is 0.375. The lowest BCUT2D eigenvalue weighted by atomic mass is 10.1. The minimum Gasteiger partial charge on any atom is -0.375 e. The van der Waals surface area contributed by atoms with Gasteiger partial charge in [-0.05, 0) is 27.6 Å². The largest absolute Gasteiger partial charge is 0.375 e. The summed E-state index contributed by atoms with van der Waals surface area (Å²) in [5.41, 5.74) is 6.55. The van der Waals surface area contributed by atoms with E-state index in [2.05, 4.69) is 20.9 Å². The van der Waals surface area contributed by atoms with E-state index >= 15 is 0 Å². The van der Waals surface area contributed by atoms with Crippen molar-refractivity contribution < 1.29 is 4.74 Å². The van der Waals surface area contributed by atoms with E-state index in [-0.39, 0.29) is 6.10 Å². The highest BCUT2D eigenvalue weighted by molar-refractivity contribution is 9.10. The summed E-state index contributed by atoms with van der Waals surface area (Å²) >= 11 is 3.38. The van der Waals surface area contributed by atoms with Crippen LogP contribution in [-0.2, 0) is 4.74 Å². The molecule has 1 unspecified atom stereocenters. The first-order valence-electron chi connectivity index (χ1n) is 3.62. The van der Waals surface area contributed by atoms with Gasteiger partial charge in [-0.2, -0.15) is 0 Å². The van der Waals surface area contributed by atoms with Crippen molar-refractivity contribution in [2.24, 2.45) is 5.73 Å². The molecule has 0 aliphatic carbocycles.